The largest absolute Gasteiger partial charge is 0.483 e. The van der Waals surface area contributed by atoms with Crippen LogP contribution in [-0.4, -0.2) is 83.3 Å². The van der Waals surface area contributed by atoms with Crippen molar-refractivity contribution in [3.8, 4) is 0 Å². The number of nitrogens with one attached hydrogen (secondary N) is 1. The molecule has 2 N–H and O–H groups in total. The molecule has 2 saturated heterocycles. The van der Waals surface area contributed by atoms with E-state index in [2.05, 4.69) is 15.1 Å². The van der Waals surface area contributed by atoms with E-state index in [1.54, 1.807) is 6.20 Å². The van der Waals surface area contributed by atoms with Gasteiger partial charge in [-0.25, -0.2) is 0 Å². The Hall–Kier alpha value is -2.42. The zero-order chi connectivity index (χ0) is 20.6. The van der Waals surface area contributed by atoms with Crippen molar-refractivity contribution in [1.29, 1.82) is 0 Å². The monoisotopic (exact) mass is 394 g/mol. The van der Waals surface area contributed by atoms with Gasteiger partial charge in [0.2, 0.25) is 5.91 Å². The lowest BCUT2D eigenvalue weighted by Crippen LogP contribution is -2.45. The van der Waals surface area contributed by atoms with Gasteiger partial charge in [0.25, 0.3) is 6.47 Å². The van der Waals surface area contributed by atoms with Crippen LogP contribution in [0.3, 0.4) is 0 Å². The Bertz CT molecular complexity index is 639. The van der Waals surface area contributed by atoms with E-state index >= 15 is 0 Å². The van der Waals surface area contributed by atoms with E-state index in [0.29, 0.717) is 19.5 Å². The first-order chi connectivity index (χ1) is 13.4. The predicted octanol–water partition coefficient (Wildman–Crippen LogP) is 0.919. The summed E-state index contributed by atoms with van der Waals surface area (Å²) in [6, 6.07) is 0. The number of carboxylic acid groups (broad SMARTS) is 1. The van der Waals surface area contributed by atoms with E-state index in [1.165, 1.54) is 0 Å². The molecule has 2 aliphatic rings. The average Bonchev–Trinajstić information content (AvgIpc) is 3.24. The quantitative estimate of drug-likeness (QED) is 0.544. The molecule has 9 nitrogen and oxygen atoms in total. The number of ether oxygens (including phenoxy) is 1. The Labute approximate surface area is 165 Å². The molecule has 0 saturated carbocycles. The van der Waals surface area contributed by atoms with Gasteiger partial charge in [0.15, 0.2) is 0 Å². The van der Waals surface area contributed by atoms with Crippen LogP contribution < -0.4 is 0 Å². The second-order valence-corrected chi connectivity index (χ2v) is 7.72. The molecule has 2 aliphatic heterocycles. The number of likely N-dealkylation sites (N-methyl/N-ethyl adjacent to an activating group) is 1. The number of aryl methyl sites for hydroxylation is 1. The van der Waals surface area contributed by atoms with E-state index in [0.717, 1.165) is 44.2 Å². The molecule has 1 spiro atoms. The van der Waals surface area contributed by atoms with Gasteiger partial charge in [-0.3, -0.25) is 19.5 Å². The topological polar surface area (TPSA) is 116 Å². The van der Waals surface area contributed by atoms with Gasteiger partial charge >= 0.3 is 5.97 Å². The summed E-state index contributed by atoms with van der Waals surface area (Å²) in [6.45, 7) is 1.84. The van der Waals surface area contributed by atoms with Crippen molar-refractivity contribution < 1.29 is 24.2 Å². The number of hydrogen-bond acceptors (Lipinski definition) is 6. The Morgan fingerprint density at radius 3 is 2.71 bits per heavy atom. The minimum atomic E-state index is -0.367. The summed E-state index contributed by atoms with van der Waals surface area (Å²) >= 11 is 0. The van der Waals surface area contributed by atoms with Gasteiger partial charge < -0.3 is 19.6 Å². The van der Waals surface area contributed by atoms with Crippen molar-refractivity contribution in [2.24, 2.45) is 5.41 Å². The van der Waals surface area contributed by atoms with Crippen LogP contribution in [0.2, 0.25) is 0 Å². The smallest absolute Gasteiger partial charge is 0.312 e. The van der Waals surface area contributed by atoms with E-state index in [-0.39, 0.29) is 29.9 Å². The number of nitrogens with zero attached hydrogens (tertiary/aromatic N) is 3. The van der Waals surface area contributed by atoms with Crippen molar-refractivity contribution in [1.82, 2.24) is 20.0 Å². The fourth-order valence-corrected chi connectivity index (χ4v) is 3.95. The van der Waals surface area contributed by atoms with Gasteiger partial charge in [0.1, 0.15) is 6.10 Å². The highest BCUT2D eigenvalue weighted by Gasteiger charge is 2.50. The summed E-state index contributed by atoms with van der Waals surface area (Å²) < 4.78 is 5.57. The van der Waals surface area contributed by atoms with Crippen molar-refractivity contribution in [2.45, 2.75) is 44.6 Å². The number of esters is 1. The van der Waals surface area contributed by atoms with E-state index in [1.807, 2.05) is 25.2 Å². The maximum Gasteiger partial charge on any atom is 0.312 e. The summed E-state index contributed by atoms with van der Waals surface area (Å²) in [4.78, 5) is 37.1. The van der Waals surface area contributed by atoms with Crippen LogP contribution in [0.5, 0.6) is 0 Å². The number of aromatic amines is 1. The Kier molecular flexibility index (Phi) is 7.98. The fraction of sp³-hybridized carbons (Fsp3) is 0.684. The molecule has 1 atom stereocenters. The molecule has 3 heterocycles. The van der Waals surface area contributed by atoms with E-state index in [4.69, 9.17) is 14.6 Å². The number of rotatable bonds is 6. The third-order valence-electron chi connectivity index (χ3n) is 5.38. The molecule has 0 aromatic carbocycles. The summed E-state index contributed by atoms with van der Waals surface area (Å²) in [6.07, 6.45) is 8.12. The molecule has 2 fully saturated rings. The Morgan fingerprint density at radius 1 is 1.46 bits per heavy atom. The lowest BCUT2D eigenvalue weighted by molar-refractivity contribution is -0.152. The highest BCUT2D eigenvalue weighted by molar-refractivity contribution is 5.80. The molecule has 1 aromatic heterocycles. The van der Waals surface area contributed by atoms with Crippen molar-refractivity contribution in [2.75, 3.05) is 33.7 Å². The van der Waals surface area contributed by atoms with Gasteiger partial charge in [-0.1, -0.05) is 0 Å². The van der Waals surface area contributed by atoms with Crippen LogP contribution >= 0.6 is 0 Å². The molecule has 0 radical (unpaired) electrons. The second-order valence-electron chi connectivity index (χ2n) is 7.72. The van der Waals surface area contributed by atoms with Gasteiger partial charge in [-0.15, -0.1) is 0 Å². The van der Waals surface area contributed by atoms with Crippen molar-refractivity contribution in [3.63, 3.8) is 0 Å². The first-order valence-corrected chi connectivity index (χ1v) is 9.59. The molecule has 1 aromatic rings. The molecule has 9 heteroatoms. The fourth-order valence-electron chi connectivity index (χ4n) is 3.95. The molecule has 1 amide bonds. The van der Waals surface area contributed by atoms with Crippen molar-refractivity contribution in [3.05, 3.63) is 18.0 Å². The number of hydrogen-bond donors (Lipinski definition) is 2. The molecular weight excluding hydrogens is 364 g/mol. The zero-order valence-electron chi connectivity index (χ0n) is 16.6. The van der Waals surface area contributed by atoms with Gasteiger partial charge in [-0.05, 0) is 45.3 Å². The van der Waals surface area contributed by atoms with Crippen molar-refractivity contribution >= 4 is 18.3 Å². The number of piperidine rings is 1. The molecule has 28 heavy (non-hydrogen) atoms. The highest BCUT2D eigenvalue weighted by Crippen LogP contribution is 2.43. The standard InChI is InChI=1S/C18H28N4O3.CH2O2/c1-21(2)13-15-10-18(17(24)25-15)6-8-22(9-7-18)16(23)5-3-4-14-11-19-20-12-14;2-1-3/h11-12,15H,3-10,13H2,1-2H3,(H,19,20);1H,(H,2,3). The number of carbonyl (C=O) groups excluding carboxylic acids is 2. The first kappa shape index (κ1) is 21.9. The second kappa shape index (κ2) is 10.2. The number of aromatic nitrogens is 2. The zero-order valence-corrected chi connectivity index (χ0v) is 16.6. The SMILES string of the molecule is CN(C)CC1CC2(CCN(C(=O)CCCc3cn[nH]c3)CC2)C(=O)O1.O=CO. The van der Waals surface area contributed by atoms with Crippen LogP contribution in [0, 0.1) is 5.41 Å². The Balaban J connectivity index is 0.000000878. The molecule has 3 rings (SSSR count). The minimum absolute atomic E-state index is 0.0142. The van der Waals surface area contributed by atoms with Crippen LogP contribution in [0.25, 0.3) is 0 Å². The Morgan fingerprint density at radius 2 is 2.14 bits per heavy atom. The predicted molar refractivity (Wildman–Crippen MR) is 102 cm³/mol. The van der Waals surface area contributed by atoms with E-state index < -0.39 is 0 Å². The highest BCUT2D eigenvalue weighted by atomic mass is 16.6. The maximum atomic E-state index is 12.4. The van der Waals surface area contributed by atoms with Gasteiger partial charge in [0, 0.05) is 38.7 Å². The lowest BCUT2D eigenvalue weighted by atomic mass is 9.76. The molecule has 0 bridgehead atoms. The molecule has 0 aliphatic carbocycles. The third-order valence-corrected chi connectivity index (χ3v) is 5.38. The summed E-state index contributed by atoms with van der Waals surface area (Å²) in [5, 5.41) is 13.6. The maximum absolute atomic E-state index is 12.4. The molecule has 156 valence electrons. The van der Waals surface area contributed by atoms with E-state index in [9.17, 15) is 9.59 Å². The number of cyclic esters (lactones) is 1. The summed E-state index contributed by atoms with van der Waals surface area (Å²) in [5.74, 6) is 0.126. The van der Waals surface area contributed by atoms with Gasteiger partial charge in [0.05, 0.1) is 11.6 Å². The molecular formula is C19H30N4O5. The number of H-pyrrole nitrogens is 1. The summed E-state index contributed by atoms with van der Waals surface area (Å²) in [5.41, 5.74) is 0.764. The normalized spacial score (nSPS) is 20.6. The average molecular weight is 394 g/mol. The minimum Gasteiger partial charge on any atom is -0.483 e. The number of amides is 1. The van der Waals surface area contributed by atoms with Crippen LogP contribution in [0.1, 0.15) is 37.7 Å². The number of likely N-dealkylation sites (tertiary alicyclic amines) is 1. The first-order valence-electron chi connectivity index (χ1n) is 9.59. The summed E-state index contributed by atoms with van der Waals surface area (Å²) in [7, 11) is 3.98. The van der Waals surface area contributed by atoms with Gasteiger partial charge in [-0.2, -0.15) is 5.10 Å². The van der Waals surface area contributed by atoms with Crippen LogP contribution in [0.4, 0.5) is 0 Å². The molecule has 1 unspecified atom stereocenters. The number of carbonyl (C=O) groups is 3. The lowest BCUT2D eigenvalue weighted by Gasteiger charge is -2.36. The van der Waals surface area contributed by atoms with Crippen LogP contribution in [-0.2, 0) is 25.5 Å². The third kappa shape index (κ3) is 5.79. The van der Waals surface area contributed by atoms with Crippen LogP contribution in [0.15, 0.2) is 12.4 Å².